The van der Waals surface area contributed by atoms with Gasteiger partial charge in [-0.2, -0.15) is 5.26 Å². The smallest absolute Gasteiger partial charge is 0.256 e. The molecule has 0 radical (unpaired) electrons. The van der Waals surface area contributed by atoms with Gasteiger partial charge in [0.05, 0.1) is 11.1 Å². The second-order valence-corrected chi connectivity index (χ2v) is 4.90. The summed E-state index contributed by atoms with van der Waals surface area (Å²) in [4.78, 5) is 12.0. The summed E-state index contributed by atoms with van der Waals surface area (Å²) in [5.74, 6) is -0.893. The Bertz CT molecular complexity index is 679. The van der Waals surface area contributed by atoms with Crippen molar-refractivity contribution in [1.82, 2.24) is 0 Å². The quantitative estimate of drug-likeness (QED) is 0.827. The third-order valence-electron chi connectivity index (χ3n) is 2.46. The van der Waals surface area contributed by atoms with Gasteiger partial charge in [-0.3, -0.25) is 4.79 Å². The second kappa shape index (κ2) is 5.80. The molecule has 0 heterocycles. The Hall–Kier alpha value is -1.94. The highest BCUT2D eigenvalue weighted by Crippen LogP contribution is 2.17. The number of anilines is 1. The average molecular weight is 366 g/mol. The number of rotatable bonds is 2. The molecule has 2 rings (SSSR count). The van der Waals surface area contributed by atoms with Crippen molar-refractivity contribution in [3.05, 3.63) is 63.0 Å². The van der Waals surface area contributed by atoms with E-state index in [4.69, 9.17) is 5.26 Å². The number of nitrogens with one attached hydrogen (secondary N) is 1. The number of carbonyl (C=O) groups is 1. The highest BCUT2D eigenvalue weighted by Gasteiger charge is 2.10. The normalized spacial score (nSPS) is 9.74. The van der Waals surface area contributed by atoms with Crippen LogP contribution in [-0.2, 0) is 0 Å². The Morgan fingerprint density at radius 2 is 2.00 bits per heavy atom. The first-order valence-corrected chi connectivity index (χ1v) is 6.45. The fourth-order valence-corrected chi connectivity index (χ4v) is 2.16. The summed E-state index contributed by atoms with van der Waals surface area (Å²) < 4.78 is 14.0. The van der Waals surface area contributed by atoms with Crippen molar-refractivity contribution in [2.75, 3.05) is 5.32 Å². The van der Waals surface area contributed by atoms with Crippen molar-refractivity contribution < 1.29 is 9.18 Å². The van der Waals surface area contributed by atoms with E-state index in [1.54, 1.807) is 18.2 Å². The molecule has 0 aliphatic rings. The molecule has 0 aliphatic heterocycles. The first-order chi connectivity index (χ1) is 9.11. The molecule has 0 bridgehead atoms. The van der Waals surface area contributed by atoms with Gasteiger partial charge in [-0.1, -0.05) is 12.1 Å². The van der Waals surface area contributed by atoms with Gasteiger partial charge in [-0.25, -0.2) is 4.39 Å². The van der Waals surface area contributed by atoms with Crippen LogP contribution >= 0.6 is 22.6 Å². The minimum atomic E-state index is -0.602. The van der Waals surface area contributed by atoms with E-state index in [0.717, 1.165) is 9.64 Å². The number of halogens is 2. The third-order valence-corrected chi connectivity index (χ3v) is 3.40. The molecule has 5 heteroatoms. The van der Waals surface area contributed by atoms with Crippen LogP contribution in [0, 0.1) is 20.7 Å². The molecule has 1 amide bonds. The Balaban J connectivity index is 2.25. The van der Waals surface area contributed by atoms with Gasteiger partial charge in [0, 0.05) is 9.26 Å². The molecule has 0 saturated carbocycles. The minimum absolute atomic E-state index is 0.0967. The van der Waals surface area contributed by atoms with Crippen molar-refractivity contribution >= 4 is 34.2 Å². The molecule has 0 fully saturated rings. The predicted octanol–water partition coefficient (Wildman–Crippen LogP) is 3.55. The number of carbonyl (C=O) groups excluding carboxylic acids is 1. The number of benzene rings is 2. The van der Waals surface area contributed by atoms with E-state index in [0.29, 0.717) is 11.3 Å². The Morgan fingerprint density at radius 3 is 2.68 bits per heavy atom. The lowest BCUT2D eigenvalue weighted by Gasteiger charge is -2.07. The molecule has 1 N–H and O–H groups in total. The van der Waals surface area contributed by atoms with E-state index < -0.39 is 5.82 Å². The van der Waals surface area contributed by atoms with E-state index in [1.807, 2.05) is 12.1 Å². The summed E-state index contributed by atoms with van der Waals surface area (Å²) in [6.07, 6.45) is 0. The van der Waals surface area contributed by atoms with Crippen LogP contribution in [0.5, 0.6) is 0 Å². The zero-order valence-electron chi connectivity index (χ0n) is 9.65. The Morgan fingerprint density at radius 1 is 1.26 bits per heavy atom. The van der Waals surface area contributed by atoms with Gasteiger partial charge >= 0.3 is 0 Å². The van der Waals surface area contributed by atoms with Gasteiger partial charge in [-0.05, 0) is 52.9 Å². The fraction of sp³-hybridized carbons (Fsp3) is 0. The van der Waals surface area contributed by atoms with Crippen LogP contribution in [0.4, 0.5) is 10.1 Å². The maximum atomic E-state index is 13.2. The van der Waals surface area contributed by atoms with E-state index in [1.165, 1.54) is 12.1 Å². The molecule has 0 spiro atoms. The van der Waals surface area contributed by atoms with Crippen molar-refractivity contribution in [2.45, 2.75) is 0 Å². The lowest BCUT2D eigenvalue weighted by Crippen LogP contribution is -2.13. The van der Waals surface area contributed by atoms with Crippen molar-refractivity contribution in [2.24, 2.45) is 0 Å². The lowest BCUT2D eigenvalue weighted by atomic mass is 10.2. The molecule has 2 aromatic carbocycles. The predicted molar refractivity (Wildman–Crippen MR) is 78.2 cm³/mol. The number of hydrogen-bond acceptors (Lipinski definition) is 2. The zero-order chi connectivity index (χ0) is 13.8. The van der Waals surface area contributed by atoms with Crippen LogP contribution in [0.15, 0.2) is 42.5 Å². The Labute approximate surface area is 123 Å². The highest BCUT2D eigenvalue weighted by atomic mass is 127. The monoisotopic (exact) mass is 366 g/mol. The molecule has 0 unspecified atom stereocenters. The highest BCUT2D eigenvalue weighted by molar-refractivity contribution is 14.1. The van der Waals surface area contributed by atoms with Crippen LogP contribution in [0.25, 0.3) is 0 Å². The van der Waals surface area contributed by atoms with E-state index in [9.17, 15) is 9.18 Å². The molecule has 3 nitrogen and oxygen atoms in total. The molecule has 0 saturated heterocycles. The lowest BCUT2D eigenvalue weighted by molar-refractivity contribution is 0.102. The molecule has 0 atom stereocenters. The van der Waals surface area contributed by atoms with Crippen molar-refractivity contribution in [3.8, 4) is 6.07 Å². The SMILES string of the molecule is N#Cc1cc(NC(=O)c2ccccc2I)ccc1F. The summed E-state index contributed by atoms with van der Waals surface area (Å²) >= 11 is 2.06. The maximum absolute atomic E-state index is 13.2. The van der Waals surface area contributed by atoms with Crippen molar-refractivity contribution in [3.63, 3.8) is 0 Å². The first kappa shape index (κ1) is 13.5. The second-order valence-electron chi connectivity index (χ2n) is 3.74. The van der Waals surface area contributed by atoms with Gasteiger partial charge in [-0.15, -0.1) is 0 Å². The Kier molecular flexibility index (Phi) is 4.12. The van der Waals surface area contributed by atoms with Crippen LogP contribution in [0.3, 0.4) is 0 Å². The molecular formula is C14H8FIN2O. The number of amides is 1. The van der Waals surface area contributed by atoms with Gasteiger partial charge in [0.15, 0.2) is 0 Å². The first-order valence-electron chi connectivity index (χ1n) is 5.37. The molecular weight excluding hydrogens is 358 g/mol. The van der Waals surface area contributed by atoms with Gasteiger partial charge in [0.2, 0.25) is 0 Å². The van der Waals surface area contributed by atoms with Crippen LogP contribution in [0.2, 0.25) is 0 Å². The van der Waals surface area contributed by atoms with E-state index in [2.05, 4.69) is 27.9 Å². The average Bonchev–Trinajstić information content (AvgIpc) is 2.41. The van der Waals surface area contributed by atoms with Gasteiger partial charge in [0.1, 0.15) is 11.9 Å². The summed E-state index contributed by atoms with van der Waals surface area (Å²) in [6.45, 7) is 0. The minimum Gasteiger partial charge on any atom is -0.322 e. The number of hydrogen-bond donors (Lipinski definition) is 1. The summed E-state index contributed by atoms with van der Waals surface area (Å²) in [5, 5.41) is 11.4. The number of nitriles is 1. The third kappa shape index (κ3) is 3.09. The molecule has 2 aromatic rings. The molecule has 0 aliphatic carbocycles. The number of nitrogens with zero attached hydrogens (tertiary/aromatic N) is 1. The fourth-order valence-electron chi connectivity index (χ4n) is 1.53. The summed E-state index contributed by atoms with van der Waals surface area (Å²) in [7, 11) is 0. The molecule has 19 heavy (non-hydrogen) atoms. The van der Waals surface area contributed by atoms with Crippen molar-refractivity contribution in [1.29, 1.82) is 5.26 Å². The topological polar surface area (TPSA) is 52.9 Å². The maximum Gasteiger partial charge on any atom is 0.256 e. The standard InChI is InChI=1S/C14H8FIN2O/c15-12-6-5-10(7-9(12)8-17)18-14(19)11-3-1-2-4-13(11)16/h1-7H,(H,18,19). The molecule has 94 valence electrons. The van der Waals surface area contributed by atoms with Gasteiger partial charge < -0.3 is 5.32 Å². The van der Waals surface area contributed by atoms with Crippen LogP contribution < -0.4 is 5.32 Å². The summed E-state index contributed by atoms with van der Waals surface area (Å²) in [6, 6.07) is 12.7. The zero-order valence-corrected chi connectivity index (χ0v) is 11.8. The van der Waals surface area contributed by atoms with Crippen LogP contribution in [0.1, 0.15) is 15.9 Å². The molecule has 0 aromatic heterocycles. The van der Waals surface area contributed by atoms with E-state index >= 15 is 0 Å². The van der Waals surface area contributed by atoms with Gasteiger partial charge in [0.25, 0.3) is 5.91 Å². The van der Waals surface area contributed by atoms with E-state index in [-0.39, 0.29) is 11.5 Å². The van der Waals surface area contributed by atoms with Crippen LogP contribution in [-0.4, -0.2) is 5.91 Å². The summed E-state index contributed by atoms with van der Waals surface area (Å²) in [5.41, 5.74) is 0.828. The largest absolute Gasteiger partial charge is 0.322 e.